The number of halogens is 1. The van der Waals surface area contributed by atoms with E-state index in [1.54, 1.807) is 12.1 Å². The Morgan fingerprint density at radius 1 is 1.45 bits per heavy atom. The van der Waals surface area contributed by atoms with Crippen LogP contribution < -0.4 is 5.32 Å². The third-order valence-electron chi connectivity index (χ3n) is 4.38. The van der Waals surface area contributed by atoms with Crippen molar-refractivity contribution in [3.8, 4) is 0 Å². The number of benzene rings is 1. The van der Waals surface area contributed by atoms with Crippen LogP contribution in [0.5, 0.6) is 0 Å². The minimum absolute atomic E-state index is 0.129. The van der Waals surface area contributed by atoms with E-state index < -0.39 is 0 Å². The largest absolute Gasteiger partial charge is 0.314 e. The molecule has 0 saturated carbocycles. The van der Waals surface area contributed by atoms with E-state index in [1.807, 2.05) is 0 Å². The topological polar surface area (TPSA) is 58.4 Å². The van der Waals surface area contributed by atoms with Gasteiger partial charge in [-0.2, -0.15) is 0 Å². The molecule has 0 spiro atoms. The number of fused-ring (bicyclic) bond motifs is 1. The van der Waals surface area contributed by atoms with Gasteiger partial charge in [0, 0.05) is 35.8 Å². The molecular weight excluding hydrogens is 278 g/mol. The molecule has 0 amide bonds. The van der Waals surface area contributed by atoms with Gasteiger partial charge < -0.3 is 5.32 Å². The van der Waals surface area contributed by atoms with Crippen molar-refractivity contribution in [1.29, 1.82) is 0 Å². The van der Waals surface area contributed by atoms with Gasteiger partial charge in [-0.3, -0.25) is 15.0 Å². The molecular formula is C14H18ClN3O2. The van der Waals surface area contributed by atoms with Gasteiger partial charge >= 0.3 is 0 Å². The summed E-state index contributed by atoms with van der Waals surface area (Å²) in [6.07, 6.45) is 2.34. The van der Waals surface area contributed by atoms with Crippen molar-refractivity contribution in [1.82, 2.24) is 10.2 Å². The van der Waals surface area contributed by atoms with Gasteiger partial charge in [0.2, 0.25) is 0 Å². The number of rotatable bonds is 3. The van der Waals surface area contributed by atoms with E-state index in [0.717, 1.165) is 31.6 Å². The molecule has 2 aliphatic heterocycles. The molecule has 3 rings (SSSR count). The number of hydrogen-bond acceptors (Lipinski definition) is 4. The predicted molar refractivity (Wildman–Crippen MR) is 77.9 cm³/mol. The first-order chi connectivity index (χ1) is 9.63. The Bertz CT molecular complexity index is 523. The summed E-state index contributed by atoms with van der Waals surface area (Å²) in [5.74, 6) is 0.690. The summed E-state index contributed by atoms with van der Waals surface area (Å²) in [6.45, 7) is 3.76. The van der Waals surface area contributed by atoms with Gasteiger partial charge in [0.15, 0.2) is 0 Å². The van der Waals surface area contributed by atoms with Crippen molar-refractivity contribution < 1.29 is 4.92 Å². The Morgan fingerprint density at radius 3 is 3.10 bits per heavy atom. The van der Waals surface area contributed by atoms with E-state index in [4.69, 9.17) is 11.6 Å². The van der Waals surface area contributed by atoms with Crippen molar-refractivity contribution in [2.75, 3.05) is 19.6 Å². The zero-order valence-corrected chi connectivity index (χ0v) is 12.0. The van der Waals surface area contributed by atoms with Gasteiger partial charge in [-0.05, 0) is 44.0 Å². The average molecular weight is 296 g/mol. The average Bonchev–Trinajstić information content (AvgIpc) is 2.88. The quantitative estimate of drug-likeness (QED) is 0.687. The van der Waals surface area contributed by atoms with E-state index >= 15 is 0 Å². The minimum Gasteiger partial charge on any atom is -0.314 e. The van der Waals surface area contributed by atoms with Crippen molar-refractivity contribution in [2.45, 2.75) is 25.4 Å². The van der Waals surface area contributed by atoms with Crippen LogP contribution in [-0.2, 0) is 6.54 Å². The maximum Gasteiger partial charge on any atom is 0.275 e. The fourth-order valence-corrected chi connectivity index (χ4v) is 3.51. The van der Waals surface area contributed by atoms with E-state index in [9.17, 15) is 10.1 Å². The first kappa shape index (κ1) is 13.8. The van der Waals surface area contributed by atoms with Crippen LogP contribution in [0.15, 0.2) is 18.2 Å². The molecule has 2 atom stereocenters. The summed E-state index contributed by atoms with van der Waals surface area (Å²) >= 11 is 5.85. The maximum atomic E-state index is 11.1. The number of nitrogens with one attached hydrogen (secondary N) is 1. The molecule has 0 radical (unpaired) electrons. The monoisotopic (exact) mass is 295 g/mol. The van der Waals surface area contributed by atoms with Crippen LogP contribution in [-0.4, -0.2) is 35.5 Å². The predicted octanol–water partition coefficient (Wildman–Crippen LogP) is 2.43. The van der Waals surface area contributed by atoms with E-state index in [-0.39, 0.29) is 10.6 Å². The molecule has 1 N–H and O–H groups in total. The number of likely N-dealkylation sites (tertiary alicyclic amines) is 1. The molecule has 20 heavy (non-hydrogen) atoms. The second-order valence-corrected chi connectivity index (χ2v) is 6.10. The molecule has 6 heteroatoms. The number of nitro groups is 1. The van der Waals surface area contributed by atoms with Gasteiger partial charge in [0.1, 0.15) is 0 Å². The third kappa shape index (κ3) is 2.80. The number of nitro benzene ring substituents is 1. The molecule has 2 fully saturated rings. The van der Waals surface area contributed by atoms with E-state index in [0.29, 0.717) is 23.5 Å². The van der Waals surface area contributed by atoms with Crippen LogP contribution in [0.25, 0.3) is 0 Å². The van der Waals surface area contributed by atoms with Crippen LogP contribution >= 0.6 is 11.6 Å². The first-order valence-corrected chi connectivity index (χ1v) is 7.40. The standard InChI is InChI=1S/C14H18ClN3O2/c15-12-2-1-11(14(7-12)18(19)20)9-17-6-4-13-10(8-17)3-5-16-13/h1-2,7,10,13,16H,3-6,8-9H2. The zero-order valence-electron chi connectivity index (χ0n) is 11.2. The second-order valence-electron chi connectivity index (χ2n) is 5.66. The molecule has 0 aliphatic carbocycles. The van der Waals surface area contributed by atoms with Crippen LogP contribution in [0.2, 0.25) is 5.02 Å². The Balaban J connectivity index is 1.73. The lowest BCUT2D eigenvalue weighted by Crippen LogP contribution is -2.43. The fourth-order valence-electron chi connectivity index (χ4n) is 3.35. The van der Waals surface area contributed by atoms with Crippen LogP contribution in [0.3, 0.4) is 0 Å². The Morgan fingerprint density at radius 2 is 2.30 bits per heavy atom. The Hall–Kier alpha value is -1.17. The number of hydrogen-bond donors (Lipinski definition) is 1. The highest BCUT2D eigenvalue weighted by atomic mass is 35.5. The normalized spacial score (nSPS) is 26.4. The van der Waals surface area contributed by atoms with Crippen molar-refractivity contribution in [2.24, 2.45) is 5.92 Å². The molecule has 2 unspecified atom stereocenters. The minimum atomic E-state index is -0.342. The highest BCUT2D eigenvalue weighted by Crippen LogP contribution is 2.28. The fraction of sp³-hybridized carbons (Fsp3) is 0.571. The molecule has 0 aromatic heterocycles. The third-order valence-corrected chi connectivity index (χ3v) is 4.61. The summed E-state index contributed by atoms with van der Waals surface area (Å²) in [6, 6.07) is 5.60. The summed E-state index contributed by atoms with van der Waals surface area (Å²) in [5, 5.41) is 15.1. The Labute approximate surface area is 123 Å². The molecule has 108 valence electrons. The van der Waals surface area contributed by atoms with E-state index in [1.165, 1.54) is 12.5 Å². The van der Waals surface area contributed by atoms with Crippen LogP contribution in [0.4, 0.5) is 5.69 Å². The van der Waals surface area contributed by atoms with Gasteiger partial charge in [-0.25, -0.2) is 0 Å². The summed E-state index contributed by atoms with van der Waals surface area (Å²) in [4.78, 5) is 13.1. The van der Waals surface area contributed by atoms with Crippen LogP contribution in [0.1, 0.15) is 18.4 Å². The van der Waals surface area contributed by atoms with Gasteiger partial charge in [-0.1, -0.05) is 11.6 Å². The lowest BCUT2D eigenvalue weighted by Gasteiger charge is -2.34. The lowest BCUT2D eigenvalue weighted by molar-refractivity contribution is -0.385. The molecule has 2 saturated heterocycles. The lowest BCUT2D eigenvalue weighted by atomic mass is 9.93. The van der Waals surface area contributed by atoms with Gasteiger partial charge in [0.25, 0.3) is 5.69 Å². The SMILES string of the molecule is O=[N+]([O-])c1cc(Cl)ccc1CN1CCC2NCCC2C1. The first-order valence-electron chi connectivity index (χ1n) is 7.02. The molecule has 1 aromatic carbocycles. The van der Waals surface area contributed by atoms with E-state index in [2.05, 4.69) is 10.2 Å². The number of nitrogens with zero attached hydrogens (tertiary/aromatic N) is 2. The van der Waals surface area contributed by atoms with Crippen molar-refractivity contribution >= 4 is 17.3 Å². The maximum absolute atomic E-state index is 11.1. The zero-order chi connectivity index (χ0) is 14.1. The van der Waals surface area contributed by atoms with Gasteiger partial charge in [-0.15, -0.1) is 0 Å². The smallest absolute Gasteiger partial charge is 0.275 e. The van der Waals surface area contributed by atoms with Crippen molar-refractivity contribution in [3.63, 3.8) is 0 Å². The molecule has 2 aliphatic rings. The van der Waals surface area contributed by atoms with Crippen molar-refractivity contribution in [3.05, 3.63) is 38.9 Å². The Kier molecular flexibility index (Phi) is 3.92. The summed E-state index contributed by atoms with van der Waals surface area (Å²) in [7, 11) is 0. The number of piperidine rings is 1. The molecule has 2 heterocycles. The molecule has 5 nitrogen and oxygen atoms in total. The van der Waals surface area contributed by atoms with Gasteiger partial charge in [0.05, 0.1) is 4.92 Å². The molecule has 0 bridgehead atoms. The molecule has 1 aromatic rings. The van der Waals surface area contributed by atoms with Crippen LogP contribution in [0, 0.1) is 16.0 Å². The highest BCUT2D eigenvalue weighted by molar-refractivity contribution is 6.30. The highest BCUT2D eigenvalue weighted by Gasteiger charge is 2.33. The second kappa shape index (κ2) is 5.68. The summed E-state index contributed by atoms with van der Waals surface area (Å²) in [5.41, 5.74) is 0.882. The summed E-state index contributed by atoms with van der Waals surface area (Å²) < 4.78 is 0.